The first-order valence-electron chi connectivity index (χ1n) is 9.81. The van der Waals surface area contributed by atoms with E-state index in [1.807, 2.05) is 30.5 Å². The molecule has 4 heterocycles. The number of carbonyl (C=O) groups is 1. The van der Waals surface area contributed by atoms with E-state index < -0.39 is 6.29 Å². The predicted octanol–water partition coefficient (Wildman–Crippen LogP) is 3.87. The number of ether oxygens (including phenoxy) is 2. The molecule has 1 saturated carbocycles. The minimum atomic E-state index is -0.495. The van der Waals surface area contributed by atoms with Gasteiger partial charge in [-0.15, -0.1) is 11.3 Å². The molecule has 6 rings (SSSR count). The van der Waals surface area contributed by atoms with Gasteiger partial charge in [0.15, 0.2) is 17.7 Å². The summed E-state index contributed by atoms with van der Waals surface area (Å²) < 4.78 is 11.3. The molecule has 152 valence electrons. The molecule has 1 aromatic carbocycles. The average Bonchev–Trinajstić information content (AvgIpc) is 3.31. The van der Waals surface area contributed by atoms with Crippen molar-refractivity contribution in [1.82, 2.24) is 15.0 Å². The van der Waals surface area contributed by atoms with Crippen molar-refractivity contribution >= 4 is 44.2 Å². The molecule has 0 bridgehead atoms. The third-order valence-electron chi connectivity index (χ3n) is 5.54. The highest BCUT2D eigenvalue weighted by molar-refractivity contribution is 7.14. The van der Waals surface area contributed by atoms with Crippen LogP contribution in [0.15, 0.2) is 34.6 Å². The highest BCUT2D eigenvalue weighted by atomic mass is 32.1. The van der Waals surface area contributed by atoms with Crippen LogP contribution in [0.3, 0.4) is 0 Å². The third-order valence-corrected chi connectivity index (χ3v) is 6.30. The summed E-state index contributed by atoms with van der Waals surface area (Å²) in [5.41, 5.74) is 3.48. The van der Waals surface area contributed by atoms with Gasteiger partial charge in [-0.05, 0) is 31.9 Å². The summed E-state index contributed by atoms with van der Waals surface area (Å²) in [6.45, 7) is 1.83. The fraction of sp³-hybridized carbons (Fsp3) is 0.286. The molecule has 3 N–H and O–H groups in total. The maximum atomic E-state index is 12.5. The van der Waals surface area contributed by atoms with Crippen LogP contribution in [0.5, 0.6) is 0 Å². The number of nitrogens with one attached hydrogen (secondary N) is 3. The van der Waals surface area contributed by atoms with Gasteiger partial charge in [-0.3, -0.25) is 9.59 Å². The van der Waals surface area contributed by atoms with Crippen LogP contribution in [0.25, 0.3) is 33.1 Å². The Balaban J connectivity index is 1.44. The molecule has 30 heavy (non-hydrogen) atoms. The minimum Gasteiger partial charge on any atom is -0.356 e. The van der Waals surface area contributed by atoms with Gasteiger partial charge in [-0.25, -0.2) is 4.98 Å². The van der Waals surface area contributed by atoms with E-state index in [9.17, 15) is 9.59 Å². The quantitative estimate of drug-likeness (QED) is 0.463. The number of nitrogens with zero attached hydrogens (tertiary/aromatic N) is 1. The van der Waals surface area contributed by atoms with Gasteiger partial charge in [0.1, 0.15) is 5.52 Å². The Morgan fingerprint density at radius 3 is 2.90 bits per heavy atom. The van der Waals surface area contributed by atoms with Crippen molar-refractivity contribution in [3.63, 3.8) is 0 Å². The van der Waals surface area contributed by atoms with E-state index in [2.05, 4.69) is 20.3 Å². The molecule has 8 nitrogen and oxygen atoms in total. The normalized spacial score (nSPS) is 21.1. The zero-order valence-corrected chi connectivity index (χ0v) is 16.8. The second-order valence-electron chi connectivity index (χ2n) is 7.68. The van der Waals surface area contributed by atoms with Gasteiger partial charge < -0.3 is 24.8 Å². The number of anilines is 1. The molecular formula is C21H18N4O4S. The first-order valence-corrected chi connectivity index (χ1v) is 10.7. The van der Waals surface area contributed by atoms with Crippen molar-refractivity contribution in [2.45, 2.75) is 32.3 Å². The van der Waals surface area contributed by atoms with Gasteiger partial charge in [-0.2, -0.15) is 0 Å². The molecule has 9 heteroatoms. The second-order valence-corrected chi connectivity index (χ2v) is 8.54. The second kappa shape index (κ2) is 6.49. The van der Waals surface area contributed by atoms with E-state index in [1.54, 1.807) is 6.20 Å². The number of rotatable bonds is 4. The maximum absolute atomic E-state index is 12.5. The zero-order valence-electron chi connectivity index (χ0n) is 16.0. The van der Waals surface area contributed by atoms with Gasteiger partial charge in [0.2, 0.25) is 5.91 Å². The largest absolute Gasteiger partial charge is 0.356 e. The van der Waals surface area contributed by atoms with Crippen LogP contribution in [0.4, 0.5) is 5.13 Å². The number of pyridine rings is 1. The monoisotopic (exact) mass is 422 g/mol. The molecule has 1 aliphatic carbocycles. The van der Waals surface area contributed by atoms with Crippen LogP contribution in [-0.4, -0.2) is 27.1 Å². The molecule has 4 aromatic rings. The number of H-pyrrole nitrogens is 2. The van der Waals surface area contributed by atoms with E-state index >= 15 is 0 Å². The molecule has 1 saturated heterocycles. The average molecular weight is 422 g/mol. The number of thiazole rings is 1. The van der Waals surface area contributed by atoms with Crippen LogP contribution >= 0.6 is 11.3 Å². The van der Waals surface area contributed by atoms with Crippen LogP contribution in [-0.2, 0) is 14.3 Å². The summed E-state index contributed by atoms with van der Waals surface area (Å²) in [6.07, 6.45) is 2.91. The van der Waals surface area contributed by atoms with Crippen molar-refractivity contribution in [3.8, 4) is 11.3 Å². The van der Waals surface area contributed by atoms with Gasteiger partial charge in [0.25, 0.3) is 5.56 Å². The first kappa shape index (κ1) is 17.8. The lowest BCUT2D eigenvalue weighted by atomic mass is 10.0. The predicted molar refractivity (Wildman–Crippen MR) is 113 cm³/mol. The summed E-state index contributed by atoms with van der Waals surface area (Å²) in [7, 11) is 0. The van der Waals surface area contributed by atoms with E-state index in [0.29, 0.717) is 10.6 Å². The molecular weight excluding hydrogens is 404 g/mol. The van der Waals surface area contributed by atoms with E-state index in [1.165, 1.54) is 11.3 Å². The number of amides is 1. The summed E-state index contributed by atoms with van der Waals surface area (Å²) in [4.78, 5) is 35.0. The summed E-state index contributed by atoms with van der Waals surface area (Å²) in [5.74, 6) is 0.175. The van der Waals surface area contributed by atoms with Crippen molar-refractivity contribution in [2.24, 2.45) is 5.92 Å². The van der Waals surface area contributed by atoms with Gasteiger partial charge in [0, 0.05) is 44.9 Å². The molecule has 0 radical (unpaired) electrons. The number of carbonyl (C=O) groups excluding carboxylic acids is 1. The number of fused-ring (bicyclic) bond motifs is 3. The Morgan fingerprint density at radius 2 is 2.13 bits per heavy atom. The van der Waals surface area contributed by atoms with Gasteiger partial charge >= 0.3 is 0 Å². The molecule has 2 fully saturated rings. The molecule has 0 unspecified atom stereocenters. The Bertz CT molecular complexity index is 1360. The number of aromatic nitrogens is 3. The Morgan fingerprint density at radius 1 is 1.30 bits per heavy atom. The molecule has 1 amide bonds. The molecule has 0 atom stereocenters. The number of hydrogen-bond acceptors (Lipinski definition) is 6. The SMILES string of the molecule is CC1OC(c2c[nH]c3c(=O)[nH]c4ccc(-c5csc(NC(=O)C6CC6)n5)cc4c23)O1. The van der Waals surface area contributed by atoms with Crippen molar-refractivity contribution in [1.29, 1.82) is 0 Å². The Kier molecular flexibility index (Phi) is 3.86. The van der Waals surface area contributed by atoms with Crippen molar-refractivity contribution in [2.75, 3.05) is 5.32 Å². The fourth-order valence-electron chi connectivity index (χ4n) is 3.82. The smallest absolute Gasteiger partial charge is 0.272 e. The number of aromatic amines is 2. The lowest BCUT2D eigenvalue weighted by molar-refractivity contribution is -0.382. The first-order chi connectivity index (χ1) is 14.6. The topological polar surface area (TPSA) is 109 Å². The lowest BCUT2D eigenvalue weighted by Gasteiger charge is -2.33. The Hall–Kier alpha value is -3.01. The van der Waals surface area contributed by atoms with E-state index in [4.69, 9.17) is 9.47 Å². The van der Waals surface area contributed by atoms with Crippen LogP contribution in [0, 0.1) is 5.92 Å². The van der Waals surface area contributed by atoms with Gasteiger partial charge in [0.05, 0.1) is 5.69 Å². The Labute approximate surface area is 174 Å². The maximum Gasteiger partial charge on any atom is 0.272 e. The van der Waals surface area contributed by atoms with E-state index in [0.717, 1.165) is 46.0 Å². The van der Waals surface area contributed by atoms with Gasteiger partial charge in [-0.1, -0.05) is 6.07 Å². The minimum absolute atomic E-state index is 0.0420. The summed E-state index contributed by atoms with van der Waals surface area (Å²) >= 11 is 1.41. The van der Waals surface area contributed by atoms with Crippen molar-refractivity contribution in [3.05, 3.63) is 45.7 Å². The van der Waals surface area contributed by atoms with Crippen LogP contribution in [0.2, 0.25) is 0 Å². The summed E-state index contributed by atoms with van der Waals surface area (Å²) in [5, 5.41) is 7.07. The summed E-state index contributed by atoms with van der Waals surface area (Å²) in [6, 6.07) is 5.78. The van der Waals surface area contributed by atoms with Crippen LogP contribution < -0.4 is 10.9 Å². The third kappa shape index (κ3) is 2.85. The highest BCUT2D eigenvalue weighted by Gasteiger charge is 2.32. The highest BCUT2D eigenvalue weighted by Crippen LogP contribution is 2.38. The van der Waals surface area contributed by atoms with Crippen molar-refractivity contribution < 1.29 is 14.3 Å². The van der Waals surface area contributed by atoms with E-state index in [-0.39, 0.29) is 23.7 Å². The number of benzene rings is 1. The molecule has 1 aliphatic heterocycles. The standard InChI is InChI=1S/C21H18N4O4S/c1-9-28-20(29-9)13-7-22-17-16(13)12-6-11(4-5-14(12)23-19(17)27)15-8-30-21(24-15)25-18(26)10-2-3-10/h4-10,20,22H,2-3H2,1H3,(H,23,27)(H,24,25,26). The molecule has 2 aliphatic rings. The lowest BCUT2D eigenvalue weighted by Crippen LogP contribution is -2.31. The fourth-order valence-corrected chi connectivity index (χ4v) is 4.54. The molecule has 3 aromatic heterocycles. The number of hydrogen-bond donors (Lipinski definition) is 3. The zero-order chi connectivity index (χ0) is 20.4. The van der Waals surface area contributed by atoms with Crippen LogP contribution in [0.1, 0.15) is 31.6 Å². The molecule has 0 spiro atoms.